The van der Waals surface area contributed by atoms with Gasteiger partial charge in [0.2, 0.25) is 15.9 Å². The Balaban J connectivity index is 1.67. The predicted molar refractivity (Wildman–Crippen MR) is 109 cm³/mol. The lowest BCUT2D eigenvalue weighted by molar-refractivity contribution is -0.120. The molecule has 29 heavy (non-hydrogen) atoms. The summed E-state index contributed by atoms with van der Waals surface area (Å²) in [5.41, 5.74) is 1.77. The minimum atomic E-state index is -3.72. The zero-order valence-corrected chi connectivity index (χ0v) is 17.3. The van der Waals surface area contributed by atoms with Gasteiger partial charge in [0.15, 0.2) is 0 Å². The van der Waals surface area contributed by atoms with Crippen molar-refractivity contribution in [1.29, 1.82) is 0 Å². The van der Waals surface area contributed by atoms with Gasteiger partial charge in [0.05, 0.1) is 26.7 Å². The number of ether oxygens (including phenoxy) is 2. The standard InChI is InChI=1S/C21H26N2O5S/c1-27-19-8-7-18(15-20(19)29(25,26)23-11-13-28-14-12-23)16-21(24)22-10-9-17-5-3-2-4-6-17/h2-8,15H,9-14,16H2,1H3,(H,22,24). The van der Waals surface area contributed by atoms with Crippen LogP contribution < -0.4 is 10.1 Å². The van der Waals surface area contributed by atoms with Crippen molar-refractivity contribution in [1.82, 2.24) is 9.62 Å². The van der Waals surface area contributed by atoms with Gasteiger partial charge in [-0.05, 0) is 29.7 Å². The van der Waals surface area contributed by atoms with E-state index in [0.717, 1.165) is 12.0 Å². The normalized spacial score (nSPS) is 15.1. The molecule has 8 heteroatoms. The molecule has 0 unspecified atom stereocenters. The van der Waals surface area contributed by atoms with Gasteiger partial charge in [0.1, 0.15) is 10.6 Å². The number of methoxy groups -OCH3 is 1. The maximum atomic E-state index is 13.0. The van der Waals surface area contributed by atoms with E-state index in [9.17, 15) is 13.2 Å². The zero-order chi connectivity index (χ0) is 20.7. The number of benzene rings is 2. The Bertz CT molecular complexity index is 925. The van der Waals surface area contributed by atoms with Gasteiger partial charge in [-0.3, -0.25) is 4.79 Å². The number of rotatable bonds is 8. The largest absolute Gasteiger partial charge is 0.495 e. The number of carbonyl (C=O) groups excluding carboxylic acids is 1. The van der Waals surface area contributed by atoms with Crippen molar-refractivity contribution in [3.63, 3.8) is 0 Å². The fourth-order valence-electron chi connectivity index (χ4n) is 3.20. The van der Waals surface area contributed by atoms with Crippen molar-refractivity contribution in [3.8, 4) is 5.75 Å². The van der Waals surface area contributed by atoms with E-state index in [1.54, 1.807) is 12.1 Å². The molecule has 2 aromatic rings. The number of nitrogens with one attached hydrogen (secondary N) is 1. The van der Waals surface area contributed by atoms with E-state index < -0.39 is 10.0 Å². The number of hydrogen-bond acceptors (Lipinski definition) is 5. The van der Waals surface area contributed by atoms with E-state index in [0.29, 0.717) is 38.4 Å². The number of carbonyl (C=O) groups is 1. The van der Waals surface area contributed by atoms with E-state index in [1.165, 1.54) is 17.5 Å². The van der Waals surface area contributed by atoms with Crippen molar-refractivity contribution in [2.24, 2.45) is 0 Å². The summed E-state index contributed by atoms with van der Waals surface area (Å²) in [6.07, 6.45) is 0.844. The molecule has 1 aliphatic heterocycles. The molecule has 0 spiro atoms. The summed E-state index contributed by atoms with van der Waals surface area (Å²) in [6, 6.07) is 14.7. The molecule has 0 aliphatic carbocycles. The maximum absolute atomic E-state index is 13.0. The average molecular weight is 419 g/mol. The molecule has 1 amide bonds. The first-order chi connectivity index (χ1) is 14.0. The summed E-state index contributed by atoms with van der Waals surface area (Å²) < 4.78 is 37.9. The first kappa shape index (κ1) is 21.3. The molecule has 1 N–H and O–H groups in total. The van der Waals surface area contributed by atoms with Gasteiger partial charge in [-0.25, -0.2) is 8.42 Å². The first-order valence-electron chi connectivity index (χ1n) is 9.56. The Hall–Kier alpha value is -2.42. The highest BCUT2D eigenvalue weighted by Crippen LogP contribution is 2.28. The Labute approximate surface area is 171 Å². The van der Waals surface area contributed by atoms with Crippen molar-refractivity contribution in [2.45, 2.75) is 17.7 Å². The van der Waals surface area contributed by atoms with Crippen LogP contribution in [0.5, 0.6) is 5.75 Å². The van der Waals surface area contributed by atoms with E-state index >= 15 is 0 Å². The van der Waals surface area contributed by atoms with Crippen LogP contribution in [0, 0.1) is 0 Å². The fourth-order valence-corrected chi connectivity index (χ4v) is 4.81. The smallest absolute Gasteiger partial charge is 0.246 e. The first-order valence-corrected chi connectivity index (χ1v) is 11.0. The fraction of sp³-hybridized carbons (Fsp3) is 0.381. The van der Waals surface area contributed by atoms with E-state index in [1.807, 2.05) is 30.3 Å². The minimum absolute atomic E-state index is 0.0801. The highest BCUT2D eigenvalue weighted by atomic mass is 32.2. The molecule has 0 bridgehead atoms. The third-order valence-corrected chi connectivity index (χ3v) is 6.68. The molecule has 1 aliphatic rings. The summed E-state index contributed by atoms with van der Waals surface area (Å²) >= 11 is 0. The van der Waals surface area contributed by atoms with Gasteiger partial charge in [-0.15, -0.1) is 0 Å². The van der Waals surface area contributed by atoms with Gasteiger partial charge >= 0.3 is 0 Å². The van der Waals surface area contributed by atoms with Gasteiger partial charge < -0.3 is 14.8 Å². The van der Waals surface area contributed by atoms with Crippen molar-refractivity contribution < 1.29 is 22.7 Å². The molecule has 2 aromatic carbocycles. The van der Waals surface area contributed by atoms with Crippen LogP contribution in [0.3, 0.4) is 0 Å². The molecule has 156 valence electrons. The highest BCUT2D eigenvalue weighted by molar-refractivity contribution is 7.89. The lowest BCUT2D eigenvalue weighted by atomic mass is 10.1. The second-order valence-electron chi connectivity index (χ2n) is 6.76. The lowest BCUT2D eigenvalue weighted by Crippen LogP contribution is -2.40. The Morgan fingerprint density at radius 2 is 1.83 bits per heavy atom. The van der Waals surface area contributed by atoms with Crippen molar-refractivity contribution in [3.05, 3.63) is 59.7 Å². The zero-order valence-electron chi connectivity index (χ0n) is 16.5. The number of sulfonamides is 1. The van der Waals surface area contributed by atoms with Gasteiger partial charge in [-0.1, -0.05) is 36.4 Å². The number of hydrogen-bond donors (Lipinski definition) is 1. The molecule has 0 aromatic heterocycles. The lowest BCUT2D eigenvalue weighted by Gasteiger charge is -2.26. The van der Waals surface area contributed by atoms with Crippen LogP contribution in [0.1, 0.15) is 11.1 Å². The van der Waals surface area contributed by atoms with Gasteiger partial charge in [0, 0.05) is 19.6 Å². The third-order valence-electron chi connectivity index (χ3n) is 4.76. The van der Waals surface area contributed by atoms with Crippen LogP contribution in [0.2, 0.25) is 0 Å². The Morgan fingerprint density at radius 1 is 1.10 bits per heavy atom. The highest BCUT2D eigenvalue weighted by Gasteiger charge is 2.29. The average Bonchev–Trinajstić information content (AvgIpc) is 2.75. The van der Waals surface area contributed by atoms with Gasteiger partial charge in [-0.2, -0.15) is 4.31 Å². The minimum Gasteiger partial charge on any atom is -0.495 e. The second kappa shape index (κ2) is 9.87. The molecule has 0 radical (unpaired) electrons. The second-order valence-corrected chi connectivity index (χ2v) is 8.67. The molecule has 7 nitrogen and oxygen atoms in total. The predicted octanol–water partition coefficient (Wildman–Crippen LogP) is 1.62. The molecule has 1 saturated heterocycles. The number of nitrogens with zero attached hydrogens (tertiary/aromatic N) is 1. The monoisotopic (exact) mass is 418 g/mol. The van der Waals surface area contributed by atoms with Crippen LogP contribution in [0.15, 0.2) is 53.4 Å². The Morgan fingerprint density at radius 3 is 2.52 bits per heavy atom. The summed E-state index contributed by atoms with van der Waals surface area (Å²) in [7, 11) is -2.29. The summed E-state index contributed by atoms with van der Waals surface area (Å²) in [5, 5.41) is 2.88. The molecular formula is C21H26N2O5S. The Kier molecular flexibility index (Phi) is 7.24. The SMILES string of the molecule is COc1ccc(CC(=O)NCCc2ccccc2)cc1S(=O)(=O)N1CCOCC1. The summed E-state index contributed by atoms with van der Waals surface area (Å²) in [4.78, 5) is 12.4. The number of amides is 1. The molecular weight excluding hydrogens is 392 g/mol. The van der Waals surface area contributed by atoms with Crippen molar-refractivity contribution >= 4 is 15.9 Å². The van der Waals surface area contributed by atoms with Crippen molar-refractivity contribution in [2.75, 3.05) is 40.0 Å². The van der Waals surface area contributed by atoms with Crippen LogP contribution in [0.25, 0.3) is 0 Å². The van der Waals surface area contributed by atoms with Crippen LogP contribution in [0.4, 0.5) is 0 Å². The topological polar surface area (TPSA) is 84.9 Å². The molecule has 1 fully saturated rings. The summed E-state index contributed by atoms with van der Waals surface area (Å²) in [5.74, 6) is 0.116. The summed E-state index contributed by atoms with van der Waals surface area (Å²) in [6.45, 7) is 1.86. The van der Waals surface area contributed by atoms with E-state index in [4.69, 9.17) is 9.47 Å². The quantitative estimate of drug-likeness (QED) is 0.704. The van der Waals surface area contributed by atoms with E-state index in [2.05, 4.69) is 5.32 Å². The van der Waals surface area contributed by atoms with E-state index in [-0.39, 0.29) is 23.0 Å². The van der Waals surface area contributed by atoms with Gasteiger partial charge in [0.25, 0.3) is 0 Å². The molecule has 3 rings (SSSR count). The van der Waals surface area contributed by atoms with Crippen LogP contribution >= 0.6 is 0 Å². The molecule has 0 atom stereocenters. The molecule has 1 heterocycles. The number of morpholine rings is 1. The maximum Gasteiger partial charge on any atom is 0.246 e. The van der Waals surface area contributed by atoms with Crippen LogP contribution in [-0.2, 0) is 32.4 Å². The van der Waals surface area contributed by atoms with Crippen LogP contribution in [-0.4, -0.2) is 58.6 Å². The molecule has 0 saturated carbocycles. The third kappa shape index (κ3) is 5.56.